The summed E-state index contributed by atoms with van der Waals surface area (Å²) in [7, 11) is 1.87. The van der Waals surface area contributed by atoms with Crippen molar-refractivity contribution in [2.24, 2.45) is 7.05 Å². The third-order valence-electron chi connectivity index (χ3n) is 3.46. The molecule has 4 nitrogen and oxygen atoms in total. The molecule has 0 unspecified atom stereocenters. The van der Waals surface area contributed by atoms with Crippen molar-refractivity contribution in [1.82, 2.24) is 9.55 Å². The molecule has 3 rings (SSSR count). The number of hydrogen-bond acceptors (Lipinski definition) is 3. The molecule has 0 saturated heterocycles. The van der Waals surface area contributed by atoms with E-state index < -0.39 is 0 Å². The molecular weight excluding hydrogens is 294 g/mol. The van der Waals surface area contributed by atoms with Gasteiger partial charge in [-0.3, -0.25) is 4.79 Å². The number of aromatic nitrogens is 2. The van der Waals surface area contributed by atoms with Gasteiger partial charge in [0, 0.05) is 29.9 Å². The van der Waals surface area contributed by atoms with Gasteiger partial charge in [-0.15, -0.1) is 11.3 Å². The van der Waals surface area contributed by atoms with Crippen LogP contribution in [0.15, 0.2) is 41.9 Å². The normalized spacial score (nSPS) is 10.7. The van der Waals surface area contributed by atoms with Crippen LogP contribution in [0, 0.1) is 13.8 Å². The van der Waals surface area contributed by atoms with E-state index >= 15 is 0 Å². The minimum Gasteiger partial charge on any atom is -0.346 e. The fourth-order valence-electron chi connectivity index (χ4n) is 2.26. The molecule has 1 N–H and O–H groups in total. The molecule has 2 aromatic heterocycles. The van der Waals surface area contributed by atoms with E-state index in [1.54, 1.807) is 11.3 Å². The molecule has 1 amide bonds. The van der Waals surface area contributed by atoms with Crippen molar-refractivity contribution in [1.29, 1.82) is 0 Å². The highest BCUT2D eigenvalue weighted by Gasteiger charge is 2.14. The minimum absolute atomic E-state index is 0.121. The lowest BCUT2D eigenvalue weighted by Crippen LogP contribution is -2.15. The first-order valence-electron chi connectivity index (χ1n) is 7.00. The Morgan fingerprint density at radius 1 is 1.23 bits per heavy atom. The largest absolute Gasteiger partial charge is 0.346 e. The molecule has 5 heteroatoms. The minimum atomic E-state index is -0.121. The standard InChI is InChI=1S/C17H17N3OS/c1-11-4-6-14(7-5-11)19-17(21)16-8-13(9-20(16)3)15-10-22-12(2)18-15/h4-10H,1-3H3,(H,19,21). The molecule has 1 aromatic carbocycles. The lowest BCUT2D eigenvalue weighted by atomic mass is 10.2. The van der Waals surface area contributed by atoms with Crippen molar-refractivity contribution in [3.8, 4) is 11.3 Å². The van der Waals surface area contributed by atoms with E-state index in [1.807, 2.05) is 67.4 Å². The van der Waals surface area contributed by atoms with Crippen molar-refractivity contribution >= 4 is 22.9 Å². The van der Waals surface area contributed by atoms with Gasteiger partial charge < -0.3 is 9.88 Å². The Bertz CT molecular complexity index is 815. The molecular formula is C17H17N3OS. The van der Waals surface area contributed by atoms with Crippen LogP contribution in [0.4, 0.5) is 5.69 Å². The maximum atomic E-state index is 12.4. The summed E-state index contributed by atoms with van der Waals surface area (Å²) in [4.78, 5) is 16.9. The Hall–Kier alpha value is -2.40. The summed E-state index contributed by atoms with van der Waals surface area (Å²) in [5, 5.41) is 5.94. The van der Waals surface area contributed by atoms with E-state index in [1.165, 1.54) is 0 Å². The van der Waals surface area contributed by atoms with Gasteiger partial charge >= 0.3 is 0 Å². The highest BCUT2D eigenvalue weighted by molar-refractivity contribution is 7.09. The summed E-state index contributed by atoms with van der Waals surface area (Å²) in [6.07, 6.45) is 1.93. The SMILES string of the molecule is Cc1ccc(NC(=O)c2cc(-c3csc(C)n3)cn2C)cc1. The maximum Gasteiger partial charge on any atom is 0.272 e. The fraction of sp³-hybridized carbons (Fsp3) is 0.176. The average molecular weight is 311 g/mol. The lowest BCUT2D eigenvalue weighted by Gasteiger charge is -2.06. The van der Waals surface area contributed by atoms with Crippen molar-refractivity contribution in [3.63, 3.8) is 0 Å². The molecule has 0 radical (unpaired) electrons. The molecule has 0 atom stereocenters. The van der Waals surface area contributed by atoms with E-state index in [9.17, 15) is 4.79 Å². The second kappa shape index (κ2) is 5.77. The predicted molar refractivity (Wildman–Crippen MR) is 90.4 cm³/mol. The molecule has 0 aliphatic carbocycles. The number of anilines is 1. The summed E-state index contributed by atoms with van der Waals surface area (Å²) in [6, 6.07) is 9.63. The van der Waals surface area contributed by atoms with Crippen LogP contribution in [-0.2, 0) is 7.05 Å². The number of carbonyl (C=O) groups excluding carboxylic acids is 1. The zero-order valence-corrected chi connectivity index (χ0v) is 13.6. The average Bonchev–Trinajstić information content (AvgIpc) is 3.07. The van der Waals surface area contributed by atoms with Gasteiger partial charge in [0.1, 0.15) is 5.69 Å². The molecule has 112 valence electrons. The zero-order valence-electron chi connectivity index (χ0n) is 12.8. The summed E-state index contributed by atoms with van der Waals surface area (Å²) in [5.74, 6) is -0.121. The van der Waals surface area contributed by atoms with Crippen LogP contribution in [0.3, 0.4) is 0 Å². The molecule has 0 bridgehead atoms. The van der Waals surface area contributed by atoms with Crippen molar-refractivity contribution in [2.45, 2.75) is 13.8 Å². The molecule has 22 heavy (non-hydrogen) atoms. The summed E-state index contributed by atoms with van der Waals surface area (Å²) in [6.45, 7) is 3.99. The summed E-state index contributed by atoms with van der Waals surface area (Å²) >= 11 is 1.61. The van der Waals surface area contributed by atoms with Gasteiger partial charge in [0.2, 0.25) is 0 Å². The van der Waals surface area contributed by atoms with Crippen molar-refractivity contribution in [3.05, 3.63) is 58.2 Å². The van der Waals surface area contributed by atoms with E-state index in [0.717, 1.165) is 27.5 Å². The zero-order chi connectivity index (χ0) is 15.7. The molecule has 3 aromatic rings. The van der Waals surface area contributed by atoms with Crippen LogP contribution in [0.25, 0.3) is 11.3 Å². The summed E-state index contributed by atoms with van der Waals surface area (Å²) in [5.41, 5.74) is 4.44. The molecule has 0 fully saturated rings. The van der Waals surface area contributed by atoms with Gasteiger partial charge in [0.15, 0.2) is 0 Å². The van der Waals surface area contributed by atoms with Crippen LogP contribution >= 0.6 is 11.3 Å². The third kappa shape index (κ3) is 2.94. The fourth-order valence-corrected chi connectivity index (χ4v) is 2.88. The highest BCUT2D eigenvalue weighted by Crippen LogP contribution is 2.24. The molecule has 2 heterocycles. The van der Waals surface area contributed by atoms with Crippen LogP contribution in [-0.4, -0.2) is 15.5 Å². The first kappa shape index (κ1) is 14.5. The number of thiazole rings is 1. The second-order valence-electron chi connectivity index (χ2n) is 5.30. The summed E-state index contributed by atoms with van der Waals surface area (Å²) < 4.78 is 1.83. The van der Waals surface area contributed by atoms with Gasteiger partial charge in [-0.25, -0.2) is 4.98 Å². The Balaban J connectivity index is 1.83. The molecule has 0 aliphatic heterocycles. The Kier molecular flexibility index (Phi) is 3.81. The Morgan fingerprint density at radius 2 is 1.95 bits per heavy atom. The van der Waals surface area contributed by atoms with Crippen LogP contribution < -0.4 is 5.32 Å². The topological polar surface area (TPSA) is 46.9 Å². The number of benzene rings is 1. The first-order valence-corrected chi connectivity index (χ1v) is 7.88. The van der Waals surface area contributed by atoms with Gasteiger partial charge in [-0.05, 0) is 32.0 Å². The van der Waals surface area contributed by atoms with Crippen LogP contribution in [0.1, 0.15) is 21.1 Å². The van der Waals surface area contributed by atoms with Crippen molar-refractivity contribution < 1.29 is 4.79 Å². The number of nitrogens with zero attached hydrogens (tertiary/aromatic N) is 2. The number of amides is 1. The number of nitrogens with one attached hydrogen (secondary N) is 1. The Morgan fingerprint density at radius 3 is 2.59 bits per heavy atom. The van der Waals surface area contributed by atoms with Gasteiger partial charge in [-0.1, -0.05) is 17.7 Å². The van der Waals surface area contributed by atoms with Gasteiger partial charge in [0.25, 0.3) is 5.91 Å². The van der Waals surface area contributed by atoms with E-state index in [0.29, 0.717) is 5.69 Å². The first-order chi connectivity index (χ1) is 10.5. The third-order valence-corrected chi connectivity index (χ3v) is 4.24. The highest BCUT2D eigenvalue weighted by atomic mass is 32.1. The Labute approximate surface area is 133 Å². The number of aryl methyl sites for hydroxylation is 3. The number of carbonyl (C=O) groups is 1. The number of hydrogen-bond donors (Lipinski definition) is 1. The van der Waals surface area contributed by atoms with Gasteiger partial charge in [-0.2, -0.15) is 0 Å². The molecule has 0 saturated carbocycles. The van der Waals surface area contributed by atoms with Gasteiger partial charge in [0.05, 0.1) is 10.7 Å². The predicted octanol–water partition coefficient (Wildman–Crippen LogP) is 4.02. The number of rotatable bonds is 3. The van der Waals surface area contributed by atoms with E-state index in [4.69, 9.17) is 0 Å². The molecule has 0 spiro atoms. The maximum absolute atomic E-state index is 12.4. The van der Waals surface area contributed by atoms with E-state index in [2.05, 4.69) is 10.3 Å². The monoisotopic (exact) mass is 311 g/mol. The molecule has 0 aliphatic rings. The second-order valence-corrected chi connectivity index (χ2v) is 6.36. The van der Waals surface area contributed by atoms with E-state index in [-0.39, 0.29) is 5.91 Å². The quantitative estimate of drug-likeness (QED) is 0.794. The smallest absolute Gasteiger partial charge is 0.272 e. The van der Waals surface area contributed by atoms with Crippen LogP contribution in [0.5, 0.6) is 0 Å². The lowest BCUT2D eigenvalue weighted by molar-refractivity contribution is 0.101. The van der Waals surface area contributed by atoms with Crippen molar-refractivity contribution in [2.75, 3.05) is 5.32 Å². The van der Waals surface area contributed by atoms with Crippen LogP contribution in [0.2, 0.25) is 0 Å².